The van der Waals surface area contributed by atoms with E-state index < -0.39 is 0 Å². The molecule has 3 rings (SSSR count). The molecule has 1 aromatic carbocycles. The Morgan fingerprint density at radius 3 is 3.00 bits per heavy atom. The largest absolute Gasteiger partial charge is 0.375 e. The molecule has 0 amide bonds. The molecule has 1 spiro atoms. The number of carbonyl (C=O) groups excluding carboxylic acids is 1. The molecule has 1 unspecified atom stereocenters. The Hall–Kier alpha value is -0.870. The van der Waals surface area contributed by atoms with E-state index in [1.165, 1.54) is 30.3 Å². The Balaban J connectivity index is 1.54. The molecule has 1 aliphatic carbocycles. The van der Waals surface area contributed by atoms with Crippen LogP contribution in [-0.2, 0) is 9.53 Å². The van der Waals surface area contributed by atoms with Crippen LogP contribution in [-0.4, -0.2) is 23.7 Å². The highest BCUT2D eigenvalue weighted by Crippen LogP contribution is 2.44. The zero-order valence-corrected chi connectivity index (χ0v) is 12.3. The number of hydrogen-bond acceptors (Lipinski definition) is 3. The lowest BCUT2D eigenvalue weighted by molar-refractivity contribution is -0.154. The highest BCUT2D eigenvalue weighted by molar-refractivity contribution is 8.00. The lowest BCUT2D eigenvalue weighted by Gasteiger charge is -2.46. The van der Waals surface area contributed by atoms with Gasteiger partial charge in [-0.2, -0.15) is 0 Å². The average molecular weight is 294 g/mol. The van der Waals surface area contributed by atoms with Gasteiger partial charge in [0.25, 0.3) is 0 Å². The molecule has 1 aromatic rings. The van der Waals surface area contributed by atoms with Crippen molar-refractivity contribution in [3.05, 3.63) is 30.1 Å². The van der Waals surface area contributed by atoms with Crippen LogP contribution in [0.15, 0.2) is 29.2 Å². The van der Waals surface area contributed by atoms with Crippen LogP contribution in [0, 0.1) is 11.7 Å². The van der Waals surface area contributed by atoms with E-state index in [-0.39, 0.29) is 23.1 Å². The fraction of sp³-hybridized carbons (Fsp3) is 0.562. The van der Waals surface area contributed by atoms with Gasteiger partial charge in [-0.3, -0.25) is 4.79 Å². The number of rotatable bonds is 4. The number of benzene rings is 1. The smallest absolute Gasteiger partial charge is 0.146 e. The van der Waals surface area contributed by atoms with Gasteiger partial charge in [-0.25, -0.2) is 4.39 Å². The van der Waals surface area contributed by atoms with Gasteiger partial charge in [0.15, 0.2) is 0 Å². The third-order valence-corrected chi connectivity index (χ3v) is 5.41. The quantitative estimate of drug-likeness (QED) is 0.789. The lowest BCUT2D eigenvalue weighted by Crippen LogP contribution is -2.47. The number of halogens is 1. The second-order valence-corrected chi connectivity index (χ2v) is 6.84. The first-order valence-electron chi connectivity index (χ1n) is 7.22. The maximum atomic E-state index is 13.1. The maximum Gasteiger partial charge on any atom is 0.146 e. The van der Waals surface area contributed by atoms with Gasteiger partial charge in [-0.05, 0) is 50.3 Å². The molecule has 0 radical (unpaired) electrons. The van der Waals surface area contributed by atoms with Gasteiger partial charge in [0.05, 0.1) is 11.4 Å². The first-order valence-corrected chi connectivity index (χ1v) is 8.21. The number of thioether (sulfide) groups is 1. The molecule has 0 aromatic heterocycles. The fourth-order valence-corrected chi connectivity index (χ4v) is 3.97. The van der Waals surface area contributed by atoms with Crippen LogP contribution in [0.4, 0.5) is 4.39 Å². The molecule has 1 heterocycles. The number of ketones is 1. The topological polar surface area (TPSA) is 26.3 Å². The molecule has 2 fully saturated rings. The predicted octanol–water partition coefficient (Wildman–Crippen LogP) is 3.84. The minimum atomic E-state index is -0.248. The summed E-state index contributed by atoms with van der Waals surface area (Å²) < 4.78 is 18.9. The van der Waals surface area contributed by atoms with Crippen LogP contribution in [0.2, 0.25) is 0 Å². The van der Waals surface area contributed by atoms with E-state index in [1.807, 2.05) is 6.07 Å². The Morgan fingerprint density at radius 2 is 2.30 bits per heavy atom. The molecule has 1 atom stereocenters. The van der Waals surface area contributed by atoms with Crippen molar-refractivity contribution in [2.75, 3.05) is 12.4 Å². The number of ether oxygens (including phenoxy) is 1. The van der Waals surface area contributed by atoms with Crippen molar-refractivity contribution in [3.8, 4) is 0 Å². The highest BCUT2D eigenvalue weighted by atomic mass is 32.2. The maximum absolute atomic E-state index is 13.1. The molecule has 1 saturated carbocycles. The molecule has 1 saturated heterocycles. The van der Waals surface area contributed by atoms with Crippen LogP contribution in [0.25, 0.3) is 0 Å². The monoisotopic (exact) mass is 294 g/mol. The summed E-state index contributed by atoms with van der Waals surface area (Å²) in [5.41, 5.74) is 0.0160. The van der Waals surface area contributed by atoms with Gasteiger partial charge in [0.2, 0.25) is 0 Å². The molecule has 2 nitrogen and oxygen atoms in total. The predicted molar refractivity (Wildman–Crippen MR) is 77.4 cm³/mol. The average Bonchev–Trinajstić information content (AvgIpc) is 2.43. The van der Waals surface area contributed by atoms with E-state index >= 15 is 0 Å². The molecular weight excluding hydrogens is 275 g/mol. The third kappa shape index (κ3) is 3.07. The molecule has 1 aliphatic heterocycles. The first kappa shape index (κ1) is 14.1. The van der Waals surface area contributed by atoms with E-state index in [0.29, 0.717) is 12.4 Å². The van der Waals surface area contributed by atoms with Crippen LogP contribution in [0.5, 0.6) is 0 Å². The van der Waals surface area contributed by atoms with E-state index in [1.54, 1.807) is 6.07 Å². The van der Waals surface area contributed by atoms with Crippen LogP contribution in [0.1, 0.15) is 32.1 Å². The SMILES string of the molecule is O=C(CSc1cccc(F)c1)C1CCOC2(CCC2)C1. The second-order valence-electron chi connectivity index (χ2n) is 5.79. The van der Waals surface area contributed by atoms with Crippen molar-refractivity contribution in [2.24, 2.45) is 5.92 Å². The number of hydrogen-bond donors (Lipinski definition) is 0. The van der Waals surface area contributed by atoms with Crippen LogP contribution >= 0.6 is 11.8 Å². The van der Waals surface area contributed by atoms with E-state index in [9.17, 15) is 9.18 Å². The van der Waals surface area contributed by atoms with Gasteiger partial charge < -0.3 is 4.74 Å². The summed E-state index contributed by atoms with van der Waals surface area (Å²) in [5.74, 6) is 0.602. The fourth-order valence-electron chi connectivity index (χ4n) is 3.05. The van der Waals surface area contributed by atoms with Crippen molar-refractivity contribution in [3.63, 3.8) is 0 Å². The van der Waals surface area contributed by atoms with Crippen molar-refractivity contribution >= 4 is 17.5 Å². The van der Waals surface area contributed by atoms with E-state index in [2.05, 4.69) is 0 Å². The molecule has 4 heteroatoms. The van der Waals surface area contributed by atoms with Gasteiger partial charge in [-0.15, -0.1) is 11.8 Å². The normalized spacial score (nSPS) is 24.4. The van der Waals surface area contributed by atoms with Crippen LogP contribution < -0.4 is 0 Å². The molecule has 2 aliphatic rings. The Bertz CT molecular complexity index is 499. The summed E-state index contributed by atoms with van der Waals surface area (Å²) in [6.07, 6.45) is 5.15. The van der Waals surface area contributed by atoms with Crippen molar-refractivity contribution in [1.29, 1.82) is 0 Å². The summed E-state index contributed by atoms with van der Waals surface area (Å²) in [6, 6.07) is 6.43. The summed E-state index contributed by atoms with van der Waals surface area (Å²) in [6.45, 7) is 0.709. The molecule has 0 N–H and O–H groups in total. The molecule has 108 valence electrons. The number of Topliss-reactive ketones (excluding diaryl/α,β-unsaturated/α-hetero) is 1. The second kappa shape index (κ2) is 5.86. The van der Waals surface area contributed by atoms with Gasteiger partial charge >= 0.3 is 0 Å². The van der Waals surface area contributed by atoms with Crippen molar-refractivity contribution < 1.29 is 13.9 Å². The third-order valence-electron chi connectivity index (χ3n) is 4.39. The van der Waals surface area contributed by atoms with Gasteiger partial charge in [-0.1, -0.05) is 6.07 Å². The molecule has 20 heavy (non-hydrogen) atoms. The summed E-state index contributed by atoms with van der Waals surface area (Å²) in [5, 5.41) is 0. The zero-order valence-electron chi connectivity index (χ0n) is 11.4. The Kier molecular flexibility index (Phi) is 4.13. The summed E-state index contributed by atoms with van der Waals surface area (Å²) in [4.78, 5) is 13.1. The Labute approximate surface area is 123 Å². The summed E-state index contributed by atoms with van der Waals surface area (Å²) in [7, 11) is 0. The van der Waals surface area contributed by atoms with E-state index in [4.69, 9.17) is 4.74 Å². The van der Waals surface area contributed by atoms with Crippen molar-refractivity contribution in [1.82, 2.24) is 0 Å². The van der Waals surface area contributed by atoms with E-state index in [0.717, 1.165) is 30.6 Å². The van der Waals surface area contributed by atoms with Gasteiger partial charge in [0.1, 0.15) is 11.6 Å². The first-order chi connectivity index (χ1) is 9.67. The van der Waals surface area contributed by atoms with Crippen molar-refractivity contribution in [2.45, 2.75) is 42.6 Å². The van der Waals surface area contributed by atoms with Gasteiger partial charge in [0, 0.05) is 17.4 Å². The summed E-state index contributed by atoms with van der Waals surface area (Å²) >= 11 is 1.43. The minimum absolute atomic E-state index is 0.0160. The number of carbonyl (C=O) groups is 1. The standard InChI is InChI=1S/C16H19FO2S/c17-13-3-1-4-14(9-13)20-11-15(18)12-5-8-19-16(10-12)6-2-7-16/h1,3-4,9,12H,2,5-8,10-11H2. The van der Waals surface area contributed by atoms with Crippen LogP contribution in [0.3, 0.4) is 0 Å². The molecule has 0 bridgehead atoms. The minimum Gasteiger partial charge on any atom is -0.375 e. The Morgan fingerprint density at radius 1 is 1.45 bits per heavy atom. The lowest BCUT2D eigenvalue weighted by atomic mass is 9.71. The zero-order chi connectivity index (χ0) is 14.0. The highest BCUT2D eigenvalue weighted by Gasteiger charge is 2.44. The molecular formula is C16H19FO2S.